The summed E-state index contributed by atoms with van der Waals surface area (Å²) in [5, 5.41) is 15.1. The highest BCUT2D eigenvalue weighted by molar-refractivity contribution is 6.06. The molecule has 8 nitrogen and oxygen atoms in total. The Hall–Kier alpha value is -4.45. The number of fused-ring (bicyclic) bond motifs is 1. The minimum Gasteiger partial charge on any atom is -0.369 e. The van der Waals surface area contributed by atoms with Gasteiger partial charge in [0.15, 0.2) is 5.82 Å². The van der Waals surface area contributed by atoms with Crippen LogP contribution in [0.5, 0.6) is 0 Å². The smallest absolute Gasteiger partial charge is 0.254 e. The zero-order valence-corrected chi connectivity index (χ0v) is 18.0. The van der Waals surface area contributed by atoms with Gasteiger partial charge in [-0.05, 0) is 17.7 Å². The molecule has 1 amide bonds. The normalized spacial score (nSPS) is 11.6. The molecule has 4 rings (SSSR count). The summed E-state index contributed by atoms with van der Waals surface area (Å²) < 4.78 is 14.3. The van der Waals surface area contributed by atoms with Gasteiger partial charge in [-0.1, -0.05) is 25.1 Å². The van der Waals surface area contributed by atoms with Crippen LogP contribution in [-0.4, -0.2) is 39.4 Å². The number of para-hydroxylation sites is 1. The molecule has 0 saturated carbocycles. The van der Waals surface area contributed by atoms with E-state index in [1.807, 2.05) is 19.1 Å². The lowest BCUT2D eigenvalue weighted by atomic mass is 9.96. The number of nitriles is 1. The lowest BCUT2D eigenvalue weighted by Gasteiger charge is -2.17. The molecule has 0 spiro atoms. The molecular weight excluding hydrogens is 421 g/mol. The molecule has 0 bridgehead atoms. The molecule has 0 radical (unpaired) electrons. The maximum Gasteiger partial charge on any atom is 0.254 e. The quantitative estimate of drug-likeness (QED) is 0.469. The first-order valence-corrected chi connectivity index (χ1v) is 10.2. The van der Waals surface area contributed by atoms with Crippen molar-refractivity contribution in [1.29, 1.82) is 5.26 Å². The van der Waals surface area contributed by atoms with Crippen LogP contribution in [0.4, 0.5) is 10.2 Å². The van der Waals surface area contributed by atoms with E-state index in [1.165, 1.54) is 13.4 Å². The van der Waals surface area contributed by atoms with Crippen LogP contribution in [0.25, 0.3) is 22.2 Å². The number of hydrogen-bond donors (Lipinski definition) is 2. The van der Waals surface area contributed by atoms with Crippen molar-refractivity contribution in [2.75, 3.05) is 18.9 Å². The second kappa shape index (κ2) is 9.36. The van der Waals surface area contributed by atoms with E-state index in [1.54, 1.807) is 36.5 Å². The van der Waals surface area contributed by atoms with Gasteiger partial charge in [0.05, 0.1) is 23.0 Å². The molecule has 0 fully saturated rings. The van der Waals surface area contributed by atoms with Gasteiger partial charge in [-0.15, -0.1) is 0 Å². The predicted molar refractivity (Wildman–Crippen MR) is 122 cm³/mol. The molecule has 33 heavy (non-hydrogen) atoms. The molecule has 3 heterocycles. The molecule has 4 aromatic rings. The number of nitrogens with one attached hydrogen (secondary N) is 2. The summed E-state index contributed by atoms with van der Waals surface area (Å²) in [4.78, 5) is 29.1. The van der Waals surface area contributed by atoms with Crippen molar-refractivity contribution < 1.29 is 9.18 Å². The van der Waals surface area contributed by atoms with Crippen LogP contribution in [0.3, 0.4) is 0 Å². The fourth-order valence-corrected chi connectivity index (χ4v) is 3.57. The Kier molecular flexibility index (Phi) is 6.17. The third-order valence-electron chi connectivity index (χ3n) is 5.30. The number of aromatic nitrogens is 4. The molecule has 0 aliphatic carbocycles. The molecule has 0 unspecified atom stereocenters. The standard InChI is InChI=1S/C24H20FN7O/c1-14(17-4-3-5-18-22(24(33)27-2)19(25)12-30-23(17)18)10-29-21-8-20(31-13-32-21)15-6-7-16(9-26)28-11-15/h3-8,11-14H,10H2,1-2H3,(H,27,33)(H,29,31,32)/t14-/m1/s1. The number of carbonyl (C=O) groups excluding carboxylic acids is 1. The van der Waals surface area contributed by atoms with Gasteiger partial charge < -0.3 is 10.6 Å². The minimum absolute atomic E-state index is 0.0130. The molecule has 0 aliphatic rings. The number of rotatable bonds is 6. The zero-order chi connectivity index (χ0) is 23.4. The third-order valence-corrected chi connectivity index (χ3v) is 5.30. The minimum atomic E-state index is -0.657. The Morgan fingerprint density at radius 3 is 2.73 bits per heavy atom. The number of anilines is 1. The number of nitrogens with zero attached hydrogens (tertiary/aromatic N) is 5. The average Bonchev–Trinajstić information content (AvgIpc) is 2.86. The first-order valence-electron chi connectivity index (χ1n) is 10.2. The summed E-state index contributed by atoms with van der Waals surface area (Å²) in [6.07, 6.45) is 4.13. The van der Waals surface area contributed by atoms with Gasteiger partial charge in [0.25, 0.3) is 5.91 Å². The van der Waals surface area contributed by atoms with Gasteiger partial charge in [-0.3, -0.25) is 9.78 Å². The summed E-state index contributed by atoms with van der Waals surface area (Å²) >= 11 is 0. The van der Waals surface area contributed by atoms with Gasteiger partial charge in [0.2, 0.25) is 0 Å². The van der Waals surface area contributed by atoms with E-state index in [2.05, 4.69) is 30.6 Å². The third kappa shape index (κ3) is 4.45. The fraction of sp³-hybridized carbons (Fsp3) is 0.167. The molecule has 2 N–H and O–H groups in total. The van der Waals surface area contributed by atoms with E-state index in [9.17, 15) is 9.18 Å². The van der Waals surface area contributed by atoms with E-state index >= 15 is 0 Å². The Morgan fingerprint density at radius 2 is 2.00 bits per heavy atom. The van der Waals surface area contributed by atoms with Crippen molar-refractivity contribution >= 4 is 22.6 Å². The highest BCUT2D eigenvalue weighted by Crippen LogP contribution is 2.28. The van der Waals surface area contributed by atoms with Crippen molar-refractivity contribution in [2.24, 2.45) is 0 Å². The fourth-order valence-electron chi connectivity index (χ4n) is 3.57. The molecule has 3 aromatic heterocycles. The highest BCUT2D eigenvalue weighted by atomic mass is 19.1. The van der Waals surface area contributed by atoms with Crippen LogP contribution in [0.2, 0.25) is 0 Å². The molecular formula is C24H20FN7O. The number of hydrogen-bond acceptors (Lipinski definition) is 7. The first kappa shape index (κ1) is 21.8. The van der Waals surface area contributed by atoms with Crippen molar-refractivity contribution in [3.63, 3.8) is 0 Å². The predicted octanol–water partition coefficient (Wildman–Crippen LogP) is 3.67. The second-order valence-electron chi connectivity index (χ2n) is 7.42. The van der Waals surface area contributed by atoms with Gasteiger partial charge in [0.1, 0.15) is 23.9 Å². The Morgan fingerprint density at radius 1 is 1.15 bits per heavy atom. The lowest BCUT2D eigenvalue weighted by Crippen LogP contribution is -2.20. The van der Waals surface area contributed by atoms with Crippen LogP contribution in [0, 0.1) is 17.1 Å². The molecule has 1 atom stereocenters. The van der Waals surface area contributed by atoms with E-state index < -0.39 is 11.7 Å². The molecule has 164 valence electrons. The maximum atomic E-state index is 14.3. The molecule has 0 saturated heterocycles. The lowest BCUT2D eigenvalue weighted by molar-refractivity contribution is 0.0960. The summed E-state index contributed by atoms with van der Waals surface area (Å²) in [6, 6.07) is 12.6. The Labute approximate surface area is 189 Å². The topological polar surface area (TPSA) is 116 Å². The maximum absolute atomic E-state index is 14.3. The van der Waals surface area contributed by atoms with E-state index in [0.717, 1.165) is 17.3 Å². The summed E-state index contributed by atoms with van der Waals surface area (Å²) in [5.41, 5.74) is 3.24. The van der Waals surface area contributed by atoms with Crippen molar-refractivity contribution in [2.45, 2.75) is 12.8 Å². The van der Waals surface area contributed by atoms with Crippen molar-refractivity contribution in [3.05, 3.63) is 77.8 Å². The van der Waals surface area contributed by atoms with Gasteiger partial charge in [0, 0.05) is 42.7 Å². The first-order chi connectivity index (χ1) is 16.0. The van der Waals surface area contributed by atoms with Crippen LogP contribution >= 0.6 is 0 Å². The van der Waals surface area contributed by atoms with Crippen molar-refractivity contribution in [3.8, 4) is 17.3 Å². The Bertz CT molecular complexity index is 1370. The van der Waals surface area contributed by atoms with Crippen molar-refractivity contribution in [1.82, 2.24) is 25.3 Å². The van der Waals surface area contributed by atoms with Gasteiger partial charge >= 0.3 is 0 Å². The second-order valence-corrected chi connectivity index (χ2v) is 7.42. The average molecular weight is 441 g/mol. The van der Waals surface area contributed by atoms with E-state index in [-0.39, 0.29) is 11.5 Å². The number of benzene rings is 1. The molecule has 0 aliphatic heterocycles. The molecule has 9 heteroatoms. The van der Waals surface area contributed by atoms with Crippen LogP contribution in [0.15, 0.2) is 55.1 Å². The summed E-state index contributed by atoms with van der Waals surface area (Å²) in [6.45, 7) is 2.54. The summed E-state index contributed by atoms with van der Waals surface area (Å²) in [5.74, 6) is -0.537. The number of carbonyl (C=O) groups is 1. The highest BCUT2D eigenvalue weighted by Gasteiger charge is 2.19. The number of pyridine rings is 2. The van der Waals surface area contributed by atoms with Crippen LogP contribution in [0.1, 0.15) is 34.5 Å². The van der Waals surface area contributed by atoms with E-state index in [0.29, 0.717) is 34.7 Å². The number of amides is 1. The number of halogens is 1. The van der Waals surface area contributed by atoms with Gasteiger partial charge in [-0.25, -0.2) is 19.3 Å². The largest absolute Gasteiger partial charge is 0.369 e. The SMILES string of the molecule is CNC(=O)c1c(F)cnc2c([C@H](C)CNc3cc(-c4ccc(C#N)nc4)ncn3)cccc12. The Balaban J connectivity index is 1.57. The van der Waals surface area contributed by atoms with E-state index in [4.69, 9.17) is 5.26 Å². The van der Waals surface area contributed by atoms with Crippen LogP contribution in [-0.2, 0) is 0 Å². The zero-order valence-electron chi connectivity index (χ0n) is 18.0. The van der Waals surface area contributed by atoms with Crippen LogP contribution < -0.4 is 10.6 Å². The summed E-state index contributed by atoms with van der Waals surface area (Å²) in [7, 11) is 1.47. The van der Waals surface area contributed by atoms with Gasteiger partial charge in [-0.2, -0.15) is 5.26 Å². The monoisotopic (exact) mass is 441 g/mol. The molecule has 1 aromatic carbocycles.